The van der Waals surface area contributed by atoms with E-state index in [2.05, 4.69) is 20.5 Å². The van der Waals surface area contributed by atoms with Gasteiger partial charge < -0.3 is 4.57 Å². The highest BCUT2D eigenvalue weighted by molar-refractivity contribution is 9.10. The van der Waals surface area contributed by atoms with Crippen LogP contribution in [0.15, 0.2) is 53.1 Å². The Bertz CT molecular complexity index is 751. The van der Waals surface area contributed by atoms with Crippen molar-refractivity contribution in [2.75, 3.05) is 0 Å². The molecule has 0 saturated carbocycles. The number of fused-ring (bicyclic) bond motifs is 1. The van der Waals surface area contributed by atoms with Gasteiger partial charge in [-0.15, -0.1) is 0 Å². The highest BCUT2D eigenvalue weighted by atomic mass is 79.9. The molecule has 1 aromatic heterocycles. The van der Waals surface area contributed by atoms with E-state index in [1.165, 1.54) is 12.1 Å². The van der Waals surface area contributed by atoms with Gasteiger partial charge in [0, 0.05) is 33.1 Å². The van der Waals surface area contributed by atoms with Crippen molar-refractivity contribution in [3.8, 4) is 0 Å². The summed E-state index contributed by atoms with van der Waals surface area (Å²) in [7, 11) is 0. The molecule has 0 spiro atoms. The lowest BCUT2D eigenvalue weighted by atomic mass is 10.2. The Kier molecular flexibility index (Phi) is 3.33. The summed E-state index contributed by atoms with van der Waals surface area (Å²) < 4.78 is 16.4. The maximum absolute atomic E-state index is 13.3. The van der Waals surface area contributed by atoms with Crippen LogP contribution >= 0.6 is 27.5 Å². The Balaban J connectivity index is 2.06. The van der Waals surface area contributed by atoms with Crippen LogP contribution in [-0.4, -0.2) is 4.57 Å². The Labute approximate surface area is 123 Å². The molecule has 19 heavy (non-hydrogen) atoms. The number of nitrogens with zero attached hydrogens (tertiary/aromatic N) is 1. The first-order valence-electron chi connectivity index (χ1n) is 5.82. The van der Waals surface area contributed by atoms with Crippen LogP contribution in [0.5, 0.6) is 0 Å². The first-order chi connectivity index (χ1) is 9.15. The molecule has 96 valence electrons. The second-order valence-electron chi connectivity index (χ2n) is 4.35. The van der Waals surface area contributed by atoms with Crippen LogP contribution in [0.4, 0.5) is 4.39 Å². The highest BCUT2D eigenvalue weighted by Gasteiger charge is 2.07. The number of rotatable bonds is 2. The summed E-state index contributed by atoms with van der Waals surface area (Å²) in [5.74, 6) is -0.267. The van der Waals surface area contributed by atoms with Gasteiger partial charge in [0.1, 0.15) is 5.82 Å². The summed E-state index contributed by atoms with van der Waals surface area (Å²) in [6.45, 7) is 0.552. The van der Waals surface area contributed by atoms with Crippen molar-refractivity contribution in [3.05, 3.63) is 69.5 Å². The van der Waals surface area contributed by atoms with Crippen molar-refractivity contribution in [2.45, 2.75) is 6.54 Å². The zero-order valence-electron chi connectivity index (χ0n) is 9.91. The third-order valence-corrected chi connectivity index (χ3v) is 4.17. The molecule has 0 bridgehead atoms. The number of benzene rings is 2. The predicted octanol–water partition coefficient (Wildman–Crippen LogP) is 5.24. The van der Waals surface area contributed by atoms with Gasteiger partial charge in [0.25, 0.3) is 0 Å². The topological polar surface area (TPSA) is 4.93 Å². The Morgan fingerprint density at radius 3 is 2.84 bits per heavy atom. The lowest BCUT2D eigenvalue weighted by Gasteiger charge is -2.08. The molecule has 3 aromatic rings. The molecule has 0 N–H and O–H groups in total. The van der Waals surface area contributed by atoms with E-state index in [-0.39, 0.29) is 5.82 Å². The molecule has 0 radical (unpaired) electrons. The van der Waals surface area contributed by atoms with Gasteiger partial charge >= 0.3 is 0 Å². The largest absolute Gasteiger partial charge is 0.343 e. The molecule has 0 fully saturated rings. The summed E-state index contributed by atoms with van der Waals surface area (Å²) >= 11 is 9.63. The number of hydrogen-bond donors (Lipinski definition) is 0. The first kappa shape index (κ1) is 12.7. The third kappa shape index (κ3) is 2.40. The minimum Gasteiger partial charge on any atom is -0.343 e. The second kappa shape index (κ2) is 4.99. The van der Waals surface area contributed by atoms with E-state index in [4.69, 9.17) is 11.6 Å². The van der Waals surface area contributed by atoms with Crippen LogP contribution in [0.25, 0.3) is 10.9 Å². The molecule has 0 aliphatic rings. The van der Waals surface area contributed by atoms with Crippen molar-refractivity contribution in [1.82, 2.24) is 4.57 Å². The second-order valence-corrected chi connectivity index (χ2v) is 5.61. The molecular formula is C15H10BrClFN. The summed E-state index contributed by atoms with van der Waals surface area (Å²) in [5.41, 5.74) is 1.87. The zero-order valence-corrected chi connectivity index (χ0v) is 12.2. The van der Waals surface area contributed by atoms with E-state index in [0.717, 1.165) is 20.9 Å². The zero-order chi connectivity index (χ0) is 13.4. The minimum absolute atomic E-state index is 0.267. The van der Waals surface area contributed by atoms with Crippen LogP contribution in [0.2, 0.25) is 5.02 Å². The molecule has 2 aromatic carbocycles. The monoisotopic (exact) mass is 337 g/mol. The third-order valence-electron chi connectivity index (χ3n) is 3.11. The normalized spacial score (nSPS) is 11.1. The van der Waals surface area contributed by atoms with Gasteiger partial charge in [0.05, 0.1) is 0 Å². The lowest BCUT2D eigenvalue weighted by Crippen LogP contribution is -1.99. The van der Waals surface area contributed by atoms with Gasteiger partial charge in [0.2, 0.25) is 0 Å². The van der Waals surface area contributed by atoms with Crippen LogP contribution in [0.1, 0.15) is 5.56 Å². The van der Waals surface area contributed by atoms with E-state index in [1.807, 2.05) is 30.5 Å². The molecular weight excluding hydrogens is 329 g/mol. The molecule has 0 amide bonds. The molecule has 0 saturated heterocycles. The van der Waals surface area contributed by atoms with Gasteiger partial charge in [0.15, 0.2) is 0 Å². The number of aromatic nitrogens is 1. The van der Waals surface area contributed by atoms with Crippen LogP contribution in [-0.2, 0) is 6.54 Å². The Morgan fingerprint density at radius 2 is 2.00 bits per heavy atom. The van der Waals surface area contributed by atoms with Crippen LogP contribution in [0, 0.1) is 5.82 Å². The fourth-order valence-corrected chi connectivity index (χ4v) is 2.84. The van der Waals surface area contributed by atoms with Crippen molar-refractivity contribution in [3.63, 3.8) is 0 Å². The van der Waals surface area contributed by atoms with Gasteiger partial charge in [-0.3, -0.25) is 0 Å². The molecule has 0 unspecified atom stereocenters. The molecule has 1 heterocycles. The molecule has 0 aliphatic carbocycles. The van der Waals surface area contributed by atoms with Crippen molar-refractivity contribution >= 4 is 38.4 Å². The highest BCUT2D eigenvalue weighted by Crippen LogP contribution is 2.26. The average Bonchev–Trinajstić information content (AvgIpc) is 2.79. The number of halogens is 3. The first-order valence-corrected chi connectivity index (χ1v) is 6.99. The fraction of sp³-hybridized carbons (Fsp3) is 0.0667. The maximum Gasteiger partial charge on any atom is 0.123 e. The van der Waals surface area contributed by atoms with Gasteiger partial charge in [-0.1, -0.05) is 33.6 Å². The molecule has 0 aliphatic heterocycles. The predicted molar refractivity (Wildman–Crippen MR) is 80.2 cm³/mol. The summed E-state index contributed by atoms with van der Waals surface area (Å²) in [4.78, 5) is 0. The van der Waals surface area contributed by atoms with Gasteiger partial charge in [-0.05, 0) is 42.0 Å². The van der Waals surface area contributed by atoms with E-state index < -0.39 is 0 Å². The summed E-state index contributed by atoms with van der Waals surface area (Å²) in [6, 6.07) is 12.5. The summed E-state index contributed by atoms with van der Waals surface area (Å²) in [6.07, 6.45) is 1.98. The van der Waals surface area contributed by atoms with E-state index >= 15 is 0 Å². The molecule has 1 nitrogen and oxygen atoms in total. The lowest BCUT2D eigenvalue weighted by molar-refractivity contribution is 0.624. The molecule has 3 rings (SSSR count). The standard InChI is InChI=1S/C15H10BrClFN/c16-13-2-1-3-15-12(13)6-7-19(15)9-10-8-11(18)4-5-14(10)17/h1-8H,9H2. The minimum atomic E-state index is -0.267. The molecule has 4 heteroatoms. The summed E-state index contributed by atoms with van der Waals surface area (Å²) in [5, 5.41) is 1.72. The smallest absolute Gasteiger partial charge is 0.123 e. The quantitative estimate of drug-likeness (QED) is 0.602. The van der Waals surface area contributed by atoms with E-state index in [0.29, 0.717) is 11.6 Å². The Morgan fingerprint density at radius 1 is 1.16 bits per heavy atom. The van der Waals surface area contributed by atoms with Crippen molar-refractivity contribution in [2.24, 2.45) is 0 Å². The van der Waals surface area contributed by atoms with E-state index in [9.17, 15) is 4.39 Å². The number of hydrogen-bond acceptors (Lipinski definition) is 0. The van der Waals surface area contributed by atoms with Gasteiger partial charge in [-0.25, -0.2) is 4.39 Å². The van der Waals surface area contributed by atoms with Gasteiger partial charge in [-0.2, -0.15) is 0 Å². The Hall–Kier alpha value is -1.32. The molecule has 0 atom stereocenters. The maximum atomic E-state index is 13.3. The average molecular weight is 339 g/mol. The van der Waals surface area contributed by atoms with Crippen LogP contribution < -0.4 is 0 Å². The fourth-order valence-electron chi connectivity index (χ4n) is 2.17. The van der Waals surface area contributed by atoms with Crippen LogP contribution in [0.3, 0.4) is 0 Å². The SMILES string of the molecule is Fc1ccc(Cl)c(Cn2ccc3c(Br)cccc32)c1. The van der Waals surface area contributed by atoms with Crippen molar-refractivity contribution in [1.29, 1.82) is 0 Å². The van der Waals surface area contributed by atoms with E-state index in [1.54, 1.807) is 6.07 Å². The van der Waals surface area contributed by atoms with Crippen molar-refractivity contribution < 1.29 is 4.39 Å².